The van der Waals surface area contributed by atoms with Gasteiger partial charge in [-0.3, -0.25) is 9.69 Å². The maximum Gasteiger partial charge on any atom is 0.235 e. The summed E-state index contributed by atoms with van der Waals surface area (Å²) in [4.78, 5) is 14.0. The van der Waals surface area contributed by atoms with E-state index in [1.807, 2.05) is 0 Å². The van der Waals surface area contributed by atoms with Crippen LogP contribution in [0.2, 0.25) is 0 Å². The summed E-state index contributed by atoms with van der Waals surface area (Å²) in [5.41, 5.74) is 0. The minimum atomic E-state index is -3.41. The number of hydrogen-bond acceptors (Lipinski definition) is 6. The molecular weight excluding hydrogens is 298 g/mol. The van der Waals surface area contributed by atoms with Gasteiger partial charge in [0.1, 0.15) is 0 Å². The summed E-state index contributed by atoms with van der Waals surface area (Å²) in [6, 6.07) is 0. The summed E-state index contributed by atoms with van der Waals surface area (Å²) in [5, 5.41) is 2.74. The zero-order chi connectivity index (χ0) is 15.7. The Kier molecular flexibility index (Phi) is 8.12. The van der Waals surface area contributed by atoms with Crippen molar-refractivity contribution in [3.05, 3.63) is 0 Å². The number of rotatable bonds is 9. The second-order valence-corrected chi connectivity index (χ2v) is 6.88. The molecule has 8 nitrogen and oxygen atoms in total. The number of nitrogens with one attached hydrogen (secondary N) is 1. The van der Waals surface area contributed by atoms with Crippen molar-refractivity contribution in [3.8, 4) is 0 Å². The van der Waals surface area contributed by atoms with Gasteiger partial charge < -0.3 is 14.8 Å². The van der Waals surface area contributed by atoms with Crippen molar-refractivity contribution < 1.29 is 22.7 Å². The zero-order valence-electron chi connectivity index (χ0n) is 12.7. The molecule has 0 radical (unpaired) electrons. The van der Waals surface area contributed by atoms with Crippen molar-refractivity contribution in [2.45, 2.75) is 0 Å². The van der Waals surface area contributed by atoms with Gasteiger partial charge in [0.25, 0.3) is 0 Å². The molecule has 1 amide bonds. The van der Waals surface area contributed by atoms with Crippen molar-refractivity contribution in [3.63, 3.8) is 0 Å². The van der Waals surface area contributed by atoms with Gasteiger partial charge in [0.15, 0.2) is 0 Å². The van der Waals surface area contributed by atoms with Crippen LogP contribution in [0.4, 0.5) is 0 Å². The van der Waals surface area contributed by atoms with Gasteiger partial charge in [-0.05, 0) is 0 Å². The van der Waals surface area contributed by atoms with E-state index in [4.69, 9.17) is 9.47 Å². The van der Waals surface area contributed by atoms with Crippen LogP contribution in [0.3, 0.4) is 0 Å². The third-order valence-electron chi connectivity index (χ3n) is 3.19. The largest absolute Gasteiger partial charge is 0.383 e. The number of amides is 1. The predicted octanol–water partition coefficient (Wildman–Crippen LogP) is -1.66. The Hall–Kier alpha value is -0.740. The normalized spacial score (nSPS) is 17.1. The smallest absolute Gasteiger partial charge is 0.235 e. The van der Waals surface area contributed by atoms with E-state index in [2.05, 4.69) is 10.2 Å². The van der Waals surface area contributed by atoms with E-state index in [-0.39, 0.29) is 25.6 Å². The first-order chi connectivity index (χ1) is 9.93. The fourth-order valence-electron chi connectivity index (χ4n) is 1.95. The Labute approximate surface area is 126 Å². The zero-order valence-corrected chi connectivity index (χ0v) is 13.5. The third kappa shape index (κ3) is 7.72. The fraction of sp³-hybridized carbons (Fsp3) is 0.917. The molecule has 21 heavy (non-hydrogen) atoms. The lowest BCUT2D eigenvalue weighted by Crippen LogP contribution is -2.45. The highest BCUT2D eigenvalue weighted by molar-refractivity contribution is 7.88. The quantitative estimate of drug-likeness (QED) is 0.547. The molecular formula is C12H25N3O5S. The standard InChI is InChI=1S/C12H25N3O5S/c1-19-8-7-15(21(2,17)18)11-12(16)13-3-4-14-5-9-20-10-6-14/h3-11H2,1-2H3,(H,13,16). The van der Waals surface area contributed by atoms with Gasteiger partial charge in [-0.15, -0.1) is 0 Å². The van der Waals surface area contributed by atoms with Gasteiger partial charge in [0, 0.05) is 39.8 Å². The molecule has 0 unspecified atom stereocenters. The van der Waals surface area contributed by atoms with Crippen LogP contribution < -0.4 is 5.32 Å². The summed E-state index contributed by atoms with van der Waals surface area (Å²) < 4.78 is 34.3. The Morgan fingerprint density at radius 2 is 2.05 bits per heavy atom. The highest BCUT2D eigenvalue weighted by Crippen LogP contribution is 1.98. The molecule has 0 atom stereocenters. The Morgan fingerprint density at radius 3 is 2.62 bits per heavy atom. The molecule has 9 heteroatoms. The van der Waals surface area contributed by atoms with Gasteiger partial charge >= 0.3 is 0 Å². The van der Waals surface area contributed by atoms with Crippen molar-refractivity contribution in [1.29, 1.82) is 0 Å². The third-order valence-corrected chi connectivity index (χ3v) is 4.44. The van der Waals surface area contributed by atoms with Gasteiger partial charge in [-0.1, -0.05) is 0 Å². The lowest BCUT2D eigenvalue weighted by Gasteiger charge is -2.26. The molecule has 1 fully saturated rings. The summed E-state index contributed by atoms with van der Waals surface area (Å²) in [6.45, 7) is 4.65. The first kappa shape index (κ1) is 18.3. The molecule has 0 aromatic rings. The number of methoxy groups -OCH3 is 1. The van der Waals surface area contributed by atoms with Crippen molar-refractivity contribution in [2.75, 3.05) is 72.5 Å². The molecule has 1 rings (SSSR count). The summed E-state index contributed by atoms with van der Waals surface area (Å²) in [5.74, 6) is -0.301. The maximum atomic E-state index is 11.8. The summed E-state index contributed by atoms with van der Waals surface area (Å²) >= 11 is 0. The molecule has 1 aliphatic heterocycles. The van der Waals surface area contributed by atoms with Crippen LogP contribution in [0.15, 0.2) is 0 Å². The van der Waals surface area contributed by atoms with Gasteiger partial charge in [0.2, 0.25) is 15.9 Å². The average molecular weight is 323 g/mol. The topological polar surface area (TPSA) is 88.2 Å². The molecule has 124 valence electrons. The highest BCUT2D eigenvalue weighted by atomic mass is 32.2. The van der Waals surface area contributed by atoms with Gasteiger partial charge in [-0.2, -0.15) is 4.31 Å². The van der Waals surface area contributed by atoms with Gasteiger partial charge in [0.05, 0.1) is 32.6 Å². The number of carbonyl (C=O) groups excluding carboxylic acids is 1. The number of ether oxygens (including phenoxy) is 2. The minimum Gasteiger partial charge on any atom is -0.383 e. The Morgan fingerprint density at radius 1 is 1.38 bits per heavy atom. The molecule has 0 saturated carbocycles. The van der Waals surface area contributed by atoms with E-state index in [0.717, 1.165) is 30.2 Å². The van der Waals surface area contributed by atoms with E-state index < -0.39 is 10.0 Å². The molecule has 0 spiro atoms. The van der Waals surface area contributed by atoms with Crippen molar-refractivity contribution in [2.24, 2.45) is 0 Å². The van der Waals surface area contributed by atoms with Crippen molar-refractivity contribution in [1.82, 2.24) is 14.5 Å². The van der Waals surface area contributed by atoms with Crippen LogP contribution in [-0.2, 0) is 24.3 Å². The molecule has 1 saturated heterocycles. The lowest BCUT2D eigenvalue weighted by atomic mass is 10.4. The van der Waals surface area contributed by atoms with Crippen LogP contribution >= 0.6 is 0 Å². The van der Waals surface area contributed by atoms with E-state index in [1.165, 1.54) is 7.11 Å². The molecule has 0 aromatic carbocycles. The Balaban J connectivity index is 2.29. The van der Waals surface area contributed by atoms with E-state index >= 15 is 0 Å². The van der Waals surface area contributed by atoms with Crippen LogP contribution in [0.5, 0.6) is 0 Å². The number of hydrogen-bond donors (Lipinski definition) is 1. The number of sulfonamides is 1. The first-order valence-corrected chi connectivity index (χ1v) is 8.79. The van der Waals surface area contributed by atoms with Crippen LogP contribution in [0.1, 0.15) is 0 Å². The molecule has 1 heterocycles. The van der Waals surface area contributed by atoms with Gasteiger partial charge in [-0.25, -0.2) is 8.42 Å². The molecule has 1 aliphatic rings. The number of nitrogens with zero attached hydrogens (tertiary/aromatic N) is 2. The fourth-order valence-corrected chi connectivity index (χ4v) is 2.71. The predicted molar refractivity (Wildman–Crippen MR) is 78.6 cm³/mol. The Bertz CT molecular complexity index is 409. The number of morpholine rings is 1. The molecule has 1 N–H and O–H groups in total. The maximum absolute atomic E-state index is 11.8. The average Bonchev–Trinajstić information content (AvgIpc) is 2.43. The SMILES string of the molecule is COCCN(CC(=O)NCCN1CCOCC1)S(C)(=O)=O. The summed E-state index contributed by atoms with van der Waals surface area (Å²) in [7, 11) is -1.92. The van der Waals surface area contributed by atoms with Crippen LogP contribution in [-0.4, -0.2) is 96.0 Å². The van der Waals surface area contributed by atoms with Crippen LogP contribution in [0.25, 0.3) is 0 Å². The molecule has 0 aliphatic carbocycles. The van der Waals surface area contributed by atoms with E-state index in [1.54, 1.807) is 0 Å². The lowest BCUT2D eigenvalue weighted by molar-refractivity contribution is -0.121. The van der Waals surface area contributed by atoms with Crippen LogP contribution in [0, 0.1) is 0 Å². The van der Waals surface area contributed by atoms with E-state index in [0.29, 0.717) is 19.8 Å². The summed E-state index contributed by atoms with van der Waals surface area (Å²) in [6.07, 6.45) is 1.09. The number of carbonyl (C=O) groups is 1. The minimum absolute atomic E-state index is 0.173. The molecule has 0 aromatic heterocycles. The first-order valence-electron chi connectivity index (χ1n) is 6.94. The van der Waals surface area contributed by atoms with E-state index in [9.17, 15) is 13.2 Å². The monoisotopic (exact) mass is 323 g/mol. The second kappa shape index (κ2) is 9.31. The highest BCUT2D eigenvalue weighted by Gasteiger charge is 2.19. The van der Waals surface area contributed by atoms with Crippen molar-refractivity contribution >= 4 is 15.9 Å². The second-order valence-electron chi connectivity index (χ2n) is 4.89. The molecule has 0 bridgehead atoms.